The lowest BCUT2D eigenvalue weighted by molar-refractivity contribution is -0.125. The zero-order chi connectivity index (χ0) is 12.5. The first-order valence-corrected chi connectivity index (χ1v) is 6.13. The standard InChI is InChI=1S/C11H16N4OS/c1-2-15-7-8(6-13-15)14-10(16)11(9(12)17)4-3-5-11/h6-7H,2-5H2,1H3,(H2,12,17)(H,14,16). The molecule has 1 aliphatic rings. The fourth-order valence-electron chi connectivity index (χ4n) is 1.97. The Morgan fingerprint density at radius 3 is 2.82 bits per heavy atom. The summed E-state index contributed by atoms with van der Waals surface area (Å²) in [5.41, 5.74) is 5.73. The highest BCUT2D eigenvalue weighted by atomic mass is 32.1. The van der Waals surface area contributed by atoms with Crippen molar-refractivity contribution in [2.24, 2.45) is 11.1 Å². The molecular formula is C11H16N4OS. The number of amides is 1. The molecule has 17 heavy (non-hydrogen) atoms. The molecule has 1 saturated carbocycles. The van der Waals surface area contributed by atoms with E-state index in [1.807, 2.05) is 6.92 Å². The van der Waals surface area contributed by atoms with Crippen molar-refractivity contribution in [3.05, 3.63) is 12.4 Å². The van der Waals surface area contributed by atoms with Gasteiger partial charge in [0, 0.05) is 12.7 Å². The molecule has 92 valence electrons. The van der Waals surface area contributed by atoms with Crippen LogP contribution < -0.4 is 11.1 Å². The Kier molecular flexibility index (Phi) is 3.15. The van der Waals surface area contributed by atoms with Crippen LogP contribution in [-0.4, -0.2) is 20.7 Å². The Bertz CT molecular complexity index is 450. The van der Waals surface area contributed by atoms with Gasteiger partial charge >= 0.3 is 0 Å². The fourth-order valence-corrected chi connectivity index (χ4v) is 2.26. The van der Waals surface area contributed by atoms with Crippen LogP contribution in [0.3, 0.4) is 0 Å². The third-order valence-corrected chi connectivity index (χ3v) is 3.72. The van der Waals surface area contributed by atoms with E-state index >= 15 is 0 Å². The molecular weight excluding hydrogens is 236 g/mol. The van der Waals surface area contributed by atoms with Gasteiger partial charge in [0.1, 0.15) is 0 Å². The molecule has 0 radical (unpaired) electrons. The summed E-state index contributed by atoms with van der Waals surface area (Å²) >= 11 is 5.00. The van der Waals surface area contributed by atoms with Crippen LogP contribution in [0.4, 0.5) is 5.69 Å². The molecule has 0 unspecified atom stereocenters. The average Bonchev–Trinajstić information content (AvgIpc) is 2.62. The average molecular weight is 252 g/mol. The van der Waals surface area contributed by atoms with Gasteiger partial charge in [0.25, 0.3) is 0 Å². The summed E-state index contributed by atoms with van der Waals surface area (Å²) in [7, 11) is 0. The summed E-state index contributed by atoms with van der Waals surface area (Å²) in [6, 6.07) is 0. The van der Waals surface area contributed by atoms with Crippen molar-refractivity contribution < 1.29 is 4.79 Å². The molecule has 0 atom stereocenters. The van der Waals surface area contributed by atoms with E-state index in [4.69, 9.17) is 18.0 Å². The predicted molar refractivity (Wildman–Crippen MR) is 69.6 cm³/mol. The van der Waals surface area contributed by atoms with Crippen molar-refractivity contribution >= 4 is 28.8 Å². The van der Waals surface area contributed by atoms with Gasteiger partial charge in [-0.2, -0.15) is 5.10 Å². The molecule has 0 saturated heterocycles. The Hall–Kier alpha value is -1.43. The van der Waals surface area contributed by atoms with Crippen LogP contribution in [0.15, 0.2) is 12.4 Å². The third kappa shape index (κ3) is 2.04. The van der Waals surface area contributed by atoms with Crippen molar-refractivity contribution in [1.29, 1.82) is 0 Å². The van der Waals surface area contributed by atoms with Crippen molar-refractivity contribution in [2.45, 2.75) is 32.7 Å². The molecule has 1 aromatic heterocycles. The first kappa shape index (κ1) is 12.0. The maximum atomic E-state index is 12.1. The molecule has 5 nitrogen and oxygen atoms in total. The molecule has 0 spiro atoms. The minimum absolute atomic E-state index is 0.105. The molecule has 3 N–H and O–H groups in total. The second kappa shape index (κ2) is 4.44. The van der Waals surface area contributed by atoms with Gasteiger partial charge in [0.2, 0.25) is 5.91 Å². The number of aryl methyl sites for hydroxylation is 1. The van der Waals surface area contributed by atoms with Crippen LogP contribution in [0.2, 0.25) is 0 Å². The lowest BCUT2D eigenvalue weighted by Gasteiger charge is -2.38. The predicted octanol–water partition coefficient (Wildman–Crippen LogP) is 1.30. The molecule has 2 rings (SSSR count). The summed E-state index contributed by atoms with van der Waals surface area (Å²) in [6.45, 7) is 2.76. The van der Waals surface area contributed by atoms with Gasteiger partial charge in [0.15, 0.2) is 0 Å². The van der Waals surface area contributed by atoms with E-state index in [-0.39, 0.29) is 5.91 Å². The second-order valence-electron chi connectivity index (χ2n) is 4.34. The van der Waals surface area contributed by atoms with Crippen molar-refractivity contribution in [1.82, 2.24) is 9.78 Å². The maximum absolute atomic E-state index is 12.1. The highest BCUT2D eigenvalue weighted by Gasteiger charge is 2.46. The van der Waals surface area contributed by atoms with Crippen LogP contribution in [-0.2, 0) is 11.3 Å². The van der Waals surface area contributed by atoms with Crippen molar-refractivity contribution in [3.8, 4) is 0 Å². The number of hydrogen-bond donors (Lipinski definition) is 2. The molecule has 0 aromatic carbocycles. The van der Waals surface area contributed by atoms with Gasteiger partial charge in [0.05, 0.1) is 22.3 Å². The van der Waals surface area contributed by atoms with Crippen LogP contribution in [0, 0.1) is 5.41 Å². The molecule has 1 fully saturated rings. The number of rotatable bonds is 4. The minimum atomic E-state index is -0.635. The second-order valence-corrected chi connectivity index (χ2v) is 4.78. The summed E-state index contributed by atoms with van der Waals surface area (Å²) in [5.74, 6) is -0.105. The van der Waals surface area contributed by atoms with E-state index in [1.165, 1.54) is 0 Å². The Morgan fingerprint density at radius 1 is 1.71 bits per heavy atom. The van der Waals surface area contributed by atoms with Crippen molar-refractivity contribution in [3.63, 3.8) is 0 Å². The highest BCUT2D eigenvalue weighted by Crippen LogP contribution is 2.42. The molecule has 1 amide bonds. The molecule has 1 aliphatic carbocycles. The van der Waals surface area contributed by atoms with Gasteiger partial charge in [-0.25, -0.2) is 0 Å². The van der Waals surface area contributed by atoms with Gasteiger partial charge in [-0.15, -0.1) is 0 Å². The monoisotopic (exact) mass is 252 g/mol. The normalized spacial score (nSPS) is 17.2. The van der Waals surface area contributed by atoms with Crippen molar-refractivity contribution in [2.75, 3.05) is 5.32 Å². The first-order chi connectivity index (χ1) is 8.08. The summed E-state index contributed by atoms with van der Waals surface area (Å²) in [6.07, 6.45) is 5.92. The molecule has 6 heteroatoms. The lowest BCUT2D eigenvalue weighted by Crippen LogP contribution is -2.50. The van der Waals surface area contributed by atoms with Gasteiger partial charge in [-0.1, -0.05) is 18.6 Å². The van der Waals surface area contributed by atoms with Crippen LogP contribution in [0.1, 0.15) is 26.2 Å². The Labute approximate surface area is 105 Å². The lowest BCUT2D eigenvalue weighted by atomic mass is 9.68. The van der Waals surface area contributed by atoms with E-state index in [0.29, 0.717) is 10.7 Å². The third-order valence-electron chi connectivity index (χ3n) is 3.33. The number of nitrogens with zero attached hydrogens (tertiary/aromatic N) is 2. The number of carbonyl (C=O) groups is 1. The summed E-state index contributed by atoms with van der Waals surface area (Å²) in [5, 5.41) is 6.93. The van der Waals surface area contributed by atoms with Gasteiger partial charge < -0.3 is 11.1 Å². The Balaban J connectivity index is 2.08. The van der Waals surface area contributed by atoms with Gasteiger partial charge in [-0.3, -0.25) is 9.48 Å². The van der Waals surface area contributed by atoms with Crippen LogP contribution >= 0.6 is 12.2 Å². The number of nitrogens with one attached hydrogen (secondary N) is 1. The highest BCUT2D eigenvalue weighted by molar-refractivity contribution is 7.80. The largest absolute Gasteiger partial charge is 0.392 e. The molecule has 1 heterocycles. The number of nitrogens with two attached hydrogens (primary N) is 1. The van der Waals surface area contributed by atoms with Crippen LogP contribution in [0.5, 0.6) is 0 Å². The summed E-state index contributed by atoms with van der Waals surface area (Å²) < 4.78 is 1.75. The Morgan fingerprint density at radius 2 is 2.41 bits per heavy atom. The molecule has 0 bridgehead atoms. The molecule has 1 aromatic rings. The van der Waals surface area contributed by atoms with E-state index in [9.17, 15) is 4.79 Å². The SMILES string of the molecule is CCn1cc(NC(=O)C2(C(N)=S)CCC2)cn1. The van der Waals surface area contributed by atoms with E-state index in [1.54, 1.807) is 17.1 Å². The number of hydrogen-bond acceptors (Lipinski definition) is 3. The fraction of sp³-hybridized carbons (Fsp3) is 0.545. The number of aromatic nitrogens is 2. The molecule has 0 aliphatic heterocycles. The number of thiocarbonyl (C=S) groups is 1. The maximum Gasteiger partial charge on any atom is 0.237 e. The van der Waals surface area contributed by atoms with E-state index < -0.39 is 5.41 Å². The van der Waals surface area contributed by atoms with Gasteiger partial charge in [-0.05, 0) is 19.8 Å². The van der Waals surface area contributed by atoms with E-state index in [0.717, 1.165) is 25.8 Å². The zero-order valence-corrected chi connectivity index (χ0v) is 10.6. The topological polar surface area (TPSA) is 72.9 Å². The van der Waals surface area contributed by atoms with Crippen LogP contribution in [0.25, 0.3) is 0 Å². The smallest absolute Gasteiger partial charge is 0.237 e. The number of anilines is 1. The minimum Gasteiger partial charge on any atom is -0.392 e. The summed E-state index contributed by atoms with van der Waals surface area (Å²) in [4.78, 5) is 12.4. The first-order valence-electron chi connectivity index (χ1n) is 5.72. The van der Waals surface area contributed by atoms with E-state index in [2.05, 4.69) is 10.4 Å². The quantitative estimate of drug-likeness (QED) is 0.792. The zero-order valence-electron chi connectivity index (χ0n) is 9.77. The number of carbonyl (C=O) groups excluding carboxylic acids is 1.